The van der Waals surface area contributed by atoms with E-state index in [1.165, 1.54) is 24.3 Å². The van der Waals surface area contributed by atoms with Crippen LogP contribution in [-0.2, 0) is 24.0 Å². The number of anilines is 1. The molecule has 2 aromatic carbocycles. The molecule has 0 saturated carbocycles. The molecule has 186 valence electrons. The molecular weight excluding hydrogens is 460 g/mol. The number of rotatable bonds is 14. The van der Waals surface area contributed by atoms with Crippen molar-refractivity contribution in [1.29, 1.82) is 0 Å². The van der Waals surface area contributed by atoms with Gasteiger partial charge in [-0.2, -0.15) is 10.2 Å². The summed E-state index contributed by atoms with van der Waals surface area (Å²) in [4.78, 5) is 14.0. The molecule has 0 aliphatic rings. The van der Waals surface area contributed by atoms with E-state index in [0.717, 1.165) is 5.69 Å². The highest BCUT2D eigenvalue weighted by molar-refractivity contribution is 8.06. The van der Waals surface area contributed by atoms with Gasteiger partial charge in [-0.05, 0) is 55.5 Å². The van der Waals surface area contributed by atoms with Gasteiger partial charge in [0.1, 0.15) is 0 Å². The van der Waals surface area contributed by atoms with Gasteiger partial charge in [0.15, 0.2) is 0 Å². The third-order valence-corrected chi connectivity index (χ3v) is 6.03. The van der Waals surface area contributed by atoms with Gasteiger partial charge in [-0.15, -0.1) is 0 Å². The number of nitrogens with one attached hydrogen (secondary N) is 1. The number of hydrogen-bond acceptors (Lipinski definition) is 9. The number of hydrogen-bond donors (Lipinski definition) is 1. The second-order valence-electron chi connectivity index (χ2n) is 7.24. The lowest BCUT2D eigenvalue weighted by molar-refractivity contribution is 0.0179. The smallest absolute Gasteiger partial charge is 0.341 e. The van der Waals surface area contributed by atoms with E-state index in [0.29, 0.717) is 44.4 Å². The molecule has 0 aliphatic heterocycles. The van der Waals surface area contributed by atoms with Gasteiger partial charge in [0.05, 0.1) is 49.3 Å². The number of carbonyl (C=O) groups excluding carboxylic acids is 1. The molecule has 11 heteroatoms. The van der Waals surface area contributed by atoms with E-state index in [4.69, 9.17) is 14.2 Å². The maximum atomic E-state index is 12.5. The summed E-state index contributed by atoms with van der Waals surface area (Å²) in [6, 6.07) is 13.2. The van der Waals surface area contributed by atoms with Gasteiger partial charge in [-0.3, -0.25) is 4.79 Å². The Morgan fingerprint density at radius 1 is 0.824 bits per heavy atom. The van der Waals surface area contributed by atoms with Gasteiger partial charge >= 0.3 is 5.24 Å². The van der Waals surface area contributed by atoms with Crippen molar-refractivity contribution < 1.29 is 27.4 Å². The SMILES string of the molecule is CCOCCOCCOCCNC(=O)S(=O)(=O)c1ccc(/N=N/c2ccc(N(C)C)cc2)cc1. The van der Waals surface area contributed by atoms with Crippen LogP contribution < -0.4 is 10.2 Å². The molecule has 0 spiro atoms. The minimum atomic E-state index is -4.17. The molecule has 1 N–H and O–H groups in total. The first-order valence-corrected chi connectivity index (χ1v) is 12.4. The van der Waals surface area contributed by atoms with Gasteiger partial charge in [0, 0.05) is 32.9 Å². The van der Waals surface area contributed by atoms with Crippen LogP contribution in [-0.4, -0.2) is 73.9 Å². The van der Waals surface area contributed by atoms with Crippen molar-refractivity contribution in [1.82, 2.24) is 5.32 Å². The maximum Gasteiger partial charge on any atom is 0.341 e. The van der Waals surface area contributed by atoms with Crippen molar-refractivity contribution in [2.24, 2.45) is 10.2 Å². The lowest BCUT2D eigenvalue weighted by atomic mass is 10.3. The van der Waals surface area contributed by atoms with Crippen molar-refractivity contribution in [2.45, 2.75) is 11.8 Å². The molecule has 0 aromatic heterocycles. The summed E-state index contributed by atoms with van der Waals surface area (Å²) in [5.74, 6) is 0. The van der Waals surface area contributed by atoms with Crippen LogP contribution in [0.1, 0.15) is 6.92 Å². The number of carbonyl (C=O) groups is 1. The van der Waals surface area contributed by atoms with E-state index in [1.807, 2.05) is 50.2 Å². The Kier molecular flexibility index (Phi) is 11.6. The van der Waals surface area contributed by atoms with Gasteiger partial charge in [-0.25, -0.2) is 8.42 Å². The summed E-state index contributed by atoms with van der Waals surface area (Å²) >= 11 is 0. The fourth-order valence-electron chi connectivity index (χ4n) is 2.64. The van der Waals surface area contributed by atoms with Crippen LogP contribution >= 0.6 is 0 Å². The van der Waals surface area contributed by atoms with Crippen molar-refractivity contribution in [2.75, 3.05) is 65.2 Å². The molecule has 10 nitrogen and oxygen atoms in total. The summed E-state index contributed by atoms with van der Waals surface area (Å²) in [5.41, 5.74) is 2.18. The molecule has 34 heavy (non-hydrogen) atoms. The van der Waals surface area contributed by atoms with Crippen molar-refractivity contribution in [3.63, 3.8) is 0 Å². The Hall–Kier alpha value is -2.86. The maximum absolute atomic E-state index is 12.5. The molecule has 0 atom stereocenters. The van der Waals surface area contributed by atoms with Crippen LogP contribution in [0.3, 0.4) is 0 Å². The average molecular weight is 493 g/mol. The van der Waals surface area contributed by atoms with Crippen LogP contribution in [0.4, 0.5) is 21.9 Å². The first-order valence-electron chi connectivity index (χ1n) is 10.9. The second-order valence-corrected chi connectivity index (χ2v) is 9.09. The topological polar surface area (TPSA) is 119 Å². The Morgan fingerprint density at radius 2 is 1.32 bits per heavy atom. The van der Waals surface area contributed by atoms with Gasteiger partial charge in [0.2, 0.25) is 0 Å². The van der Waals surface area contributed by atoms with Crippen LogP contribution in [0.25, 0.3) is 0 Å². The van der Waals surface area contributed by atoms with E-state index in [9.17, 15) is 13.2 Å². The Labute approximate surface area is 200 Å². The molecule has 0 fully saturated rings. The van der Waals surface area contributed by atoms with E-state index < -0.39 is 15.1 Å². The van der Waals surface area contributed by atoms with Crippen molar-refractivity contribution in [3.05, 3.63) is 48.5 Å². The Morgan fingerprint density at radius 3 is 1.85 bits per heavy atom. The summed E-state index contributed by atoms with van der Waals surface area (Å²) in [5, 5.41) is 9.52. The van der Waals surface area contributed by atoms with Crippen LogP contribution in [0.15, 0.2) is 63.7 Å². The fraction of sp³-hybridized carbons (Fsp3) is 0.435. The van der Waals surface area contributed by atoms with Crippen molar-refractivity contribution >= 4 is 32.1 Å². The molecule has 0 saturated heterocycles. The zero-order valence-electron chi connectivity index (χ0n) is 19.8. The molecule has 0 heterocycles. The second kappa shape index (κ2) is 14.4. The molecule has 0 bridgehead atoms. The lowest BCUT2D eigenvalue weighted by Gasteiger charge is -2.11. The summed E-state index contributed by atoms with van der Waals surface area (Å²) < 4.78 is 40.7. The molecule has 2 aromatic rings. The largest absolute Gasteiger partial charge is 0.379 e. The Bertz CT molecular complexity index is 1010. The zero-order chi connectivity index (χ0) is 24.8. The van der Waals surface area contributed by atoms with Crippen LogP contribution in [0, 0.1) is 0 Å². The number of azo groups is 1. The summed E-state index contributed by atoms with van der Waals surface area (Å²) in [6.45, 7) is 4.53. The molecule has 0 aliphatic carbocycles. The Balaban J connectivity index is 1.77. The predicted octanol–water partition coefficient (Wildman–Crippen LogP) is 3.72. The molecular formula is C23H32N4O6S. The predicted molar refractivity (Wildman–Crippen MR) is 130 cm³/mol. The van der Waals surface area contributed by atoms with Gasteiger partial charge in [-0.1, -0.05) is 0 Å². The number of nitrogens with zero attached hydrogens (tertiary/aromatic N) is 3. The fourth-order valence-corrected chi connectivity index (χ4v) is 3.64. The van der Waals surface area contributed by atoms with Crippen molar-refractivity contribution in [3.8, 4) is 0 Å². The van der Waals surface area contributed by atoms with E-state index in [1.54, 1.807) is 0 Å². The normalized spacial score (nSPS) is 11.6. The monoisotopic (exact) mass is 492 g/mol. The number of ether oxygens (including phenoxy) is 3. The zero-order valence-corrected chi connectivity index (χ0v) is 20.6. The minimum absolute atomic E-state index is 0.0654. The van der Waals surface area contributed by atoms with Gasteiger partial charge in [0.25, 0.3) is 9.84 Å². The third-order valence-electron chi connectivity index (χ3n) is 4.50. The minimum Gasteiger partial charge on any atom is -0.379 e. The molecule has 1 amide bonds. The molecule has 2 rings (SSSR count). The van der Waals surface area contributed by atoms with E-state index in [2.05, 4.69) is 15.5 Å². The van der Waals surface area contributed by atoms with Crippen LogP contribution in [0.5, 0.6) is 0 Å². The summed E-state index contributed by atoms with van der Waals surface area (Å²) in [6.07, 6.45) is 0. The van der Waals surface area contributed by atoms with E-state index in [-0.39, 0.29) is 18.0 Å². The quantitative estimate of drug-likeness (QED) is 0.315. The summed E-state index contributed by atoms with van der Waals surface area (Å²) in [7, 11) is -0.272. The highest BCUT2D eigenvalue weighted by Crippen LogP contribution is 2.22. The average Bonchev–Trinajstić information content (AvgIpc) is 2.84. The van der Waals surface area contributed by atoms with Crippen LogP contribution in [0.2, 0.25) is 0 Å². The standard InChI is InChI=1S/C23H32N4O6S/c1-4-31-15-16-33-18-17-32-14-13-24-23(28)34(29,30)22-11-7-20(8-12-22)26-25-19-5-9-21(10-6-19)27(2)3/h5-12H,4,13-18H2,1-3H3,(H,24,28)/b26-25+. The highest BCUT2D eigenvalue weighted by Gasteiger charge is 2.24. The first kappa shape index (κ1) is 27.4. The lowest BCUT2D eigenvalue weighted by Crippen LogP contribution is -2.32. The van der Waals surface area contributed by atoms with E-state index >= 15 is 0 Å². The number of sulfone groups is 1. The molecule has 0 radical (unpaired) electrons. The number of benzene rings is 2. The molecule has 0 unspecified atom stereocenters. The highest BCUT2D eigenvalue weighted by atomic mass is 32.2. The number of amides is 1. The first-order chi connectivity index (χ1) is 16.3. The third kappa shape index (κ3) is 9.18. The van der Waals surface area contributed by atoms with Gasteiger partial charge < -0.3 is 24.4 Å².